The first-order valence-electron chi connectivity index (χ1n) is 14.6. The van der Waals surface area contributed by atoms with Gasteiger partial charge in [0.1, 0.15) is 19.3 Å². The van der Waals surface area contributed by atoms with Crippen molar-refractivity contribution in [1.82, 2.24) is 10.6 Å². The van der Waals surface area contributed by atoms with Crippen LogP contribution in [0, 0.1) is 0 Å². The summed E-state index contributed by atoms with van der Waals surface area (Å²) in [6.07, 6.45) is -4.65. The predicted octanol–water partition coefficient (Wildman–Crippen LogP) is 5.23. The average Bonchev–Trinajstić information content (AvgIpc) is 2.94. The maximum absolute atomic E-state index is 13.1. The van der Waals surface area contributed by atoms with Gasteiger partial charge in [0.15, 0.2) is 20.5 Å². The van der Waals surface area contributed by atoms with E-state index in [2.05, 4.69) is 31.4 Å². The van der Waals surface area contributed by atoms with Crippen LogP contribution in [0.15, 0.2) is 60.7 Å². The Hall–Kier alpha value is -3.90. The van der Waals surface area contributed by atoms with Crippen molar-refractivity contribution in [2.45, 2.75) is 103 Å². The number of nitrogens with one attached hydrogen (secondary N) is 2. The number of carbonyl (C=O) groups is 4. The van der Waals surface area contributed by atoms with Crippen LogP contribution in [-0.2, 0) is 46.2 Å². The van der Waals surface area contributed by atoms with E-state index in [4.69, 9.17) is 23.4 Å². The molecule has 44 heavy (non-hydrogen) atoms. The minimum absolute atomic E-state index is 0.00952. The zero-order valence-electron chi connectivity index (χ0n) is 26.5. The summed E-state index contributed by atoms with van der Waals surface area (Å²) in [5.74, 6) is -1.29. The highest BCUT2D eigenvalue weighted by Gasteiger charge is 2.53. The van der Waals surface area contributed by atoms with Crippen molar-refractivity contribution in [2.24, 2.45) is 0 Å². The van der Waals surface area contributed by atoms with Gasteiger partial charge in [0.05, 0.1) is 12.1 Å². The fraction of sp³-hybridized carbons (Fsp3) is 0.500. The molecule has 1 saturated carbocycles. The normalized spacial score (nSPS) is 21.8. The summed E-state index contributed by atoms with van der Waals surface area (Å²) in [5, 5.41) is 5.37. The van der Waals surface area contributed by atoms with E-state index in [0.29, 0.717) is 0 Å². The third-order valence-corrected chi connectivity index (χ3v) is 12.3. The predicted molar refractivity (Wildman–Crippen MR) is 165 cm³/mol. The Morgan fingerprint density at radius 1 is 0.705 bits per heavy atom. The van der Waals surface area contributed by atoms with Crippen LogP contribution in [-0.4, -0.2) is 62.8 Å². The van der Waals surface area contributed by atoms with Gasteiger partial charge >= 0.3 is 24.1 Å². The molecule has 2 N–H and O–H groups in total. The van der Waals surface area contributed by atoms with Gasteiger partial charge in [0, 0.05) is 13.8 Å². The van der Waals surface area contributed by atoms with Gasteiger partial charge in [-0.1, -0.05) is 81.4 Å². The van der Waals surface area contributed by atoms with E-state index in [1.165, 1.54) is 13.8 Å². The number of alkyl carbamates (subject to hydrolysis) is 2. The van der Waals surface area contributed by atoms with E-state index in [1.807, 2.05) is 73.8 Å². The molecule has 11 nitrogen and oxygen atoms in total. The van der Waals surface area contributed by atoms with E-state index in [-0.39, 0.29) is 24.7 Å². The Bertz CT molecular complexity index is 1270. The summed E-state index contributed by atoms with van der Waals surface area (Å²) in [6.45, 7) is 12.7. The van der Waals surface area contributed by atoms with Crippen LogP contribution in [0.4, 0.5) is 9.59 Å². The molecule has 1 aliphatic rings. The van der Waals surface area contributed by atoms with E-state index >= 15 is 0 Å². The molecule has 5 atom stereocenters. The van der Waals surface area contributed by atoms with Gasteiger partial charge in [0.2, 0.25) is 0 Å². The molecule has 1 aliphatic carbocycles. The Labute approximate surface area is 260 Å². The van der Waals surface area contributed by atoms with Gasteiger partial charge < -0.3 is 34.0 Å². The van der Waals surface area contributed by atoms with E-state index < -0.39 is 62.8 Å². The lowest BCUT2D eigenvalue weighted by Gasteiger charge is -2.49. The standard InChI is InChI=1S/C32H44N2O9Si/c1-21(35)41-27-25(33-30(37)39-19-23-14-10-8-11-15-23)18-26(34-31(38)40-20-24-16-12-9-13-17-24)28(29(27)42-22(2)36)43-44(6,7)32(3,4)5/h8-17,25-29H,18-20H2,1-7H3,(H,33,37)(H,34,38)/t25-,26+,27+,28-,29-/m1/s1. The molecule has 0 aromatic heterocycles. The second kappa shape index (κ2) is 15.2. The summed E-state index contributed by atoms with van der Waals surface area (Å²) in [4.78, 5) is 50.7. The lowest BCUT2D eigenvalue weighted by Crippen LogP contribution is -2.68. The molecular weight excluding hydrogens is 584 g/mol. The lowest BCUT2D eigenvalue weighted by atomic mass is 9.83. The molecule has 0 bridgehead atoms. The van der Waals surface area contributed by atoms with Gasteiger partial charge in [-0.05, 0) is 35.7 Å². The third-order valence-electron chi connectivity index (χ3n) is 7.82. The Balaban J connectivity index is 1.92. The van der Waals surface area contributed by atoms with Gasteiger partial charge in [-0.15, -0.1) is 0 Å². The summed E-state index contributed by atoms with van der Waals surface area (Å²) in [5.41, 5.74) is 1.58. The van der Waals surface area contributed by atoms with Gasteiger partial charge in [-0.25, -0.2) is 9.59 Å². The molecule has 1 fully saturated rings. The van der Waals surface area contributed by atoms with Gasteiger partial charge in [-0.2, -0.15) is 0 Å². The fourth-order valence-electron chi connectivity index (χ4n) is 4.63. The molecule has 0 aliphatic heterocycles. The molecule has 12 heteroatoms. The van der Waals surface area contributed by atoms with E-state index in [1.54, 1.807) is 0 Å². The monoisotopic (exact) mass is 628 g/mol. The summed E-state index contributed by atoms with van der Waals surface area (Å²) >= 11 is 0. The highest BCUT2D eigenvalue weighted by atomic mass is 28.4. The van der Waals surface area contributed by atoms with Crippen molar-refractivity contribution in [1.29, 1.82) is 0 Å². The maximum atomic E-state index is 13.1. The number of esters is 2. The third kappa shape index (κ3) is 10.1. The molecule has 0 heterocycles. The topological polar surface area (TPSA) is 138 Å². The summed E-state index contributed by atoms with van der Waals surface area (Å²) in [6, 6.07) is 16.6. The van der Waals surface area contributed by atoms with Crippen LogP contribution in [0.2, 0.25) is 18.1 Å². The molecule has 0 saturated heterocycles. The van der Waals surface area contributed by atoms with Crippen molar-refractivity contribution in [3.05, 3.63) is 71.8 Å². The zero-order valence-corrected chi connectivity index (χ0v) is 27.5. The Morgan fingerprint density at radius 3 is 1.52 bits per heavy atom. The molecule has 0 unspecified atom stereocenters. The smallest absolute Gasteiger partial charge is 0.407 e. The van der Waals surface area contributed by atoms with Crippen molar-refractivity contribution in [3.8, 4) is 0 Å². The number of carbonyl (C=O) groups excluding carboxylic acids is 4. The van der Waals surface area contributed by atoms with Crippen LogP contribution in [0.1, 0.15) is 52.2 Å². The molecule has 240 valence electrons. The zero-order chi connectivity index (χ0) is 32.5. The van der Waals surface area contributed by atoms with Crippen LogP contribution in [0.3, 0.4) is 0 Å². The average molecular weight is 629 g/mol. The van der Waals surface area contributed by atoms with Crippen LogP contribution < -0.4 is 10.6 Å². The molecule has 2 amide bonds. The van der Waals surface area contributed by atoms with Crippen LogP contribution in [0.5, 0.6) is 0 Å². The molecule has 0 radical (unpaired) electrons. The largest absolute Gasteiger partial charge is 0.456 e. The molecule has 2 aromatic rings. The number of rotatable bonds is 10. The SMILES string of the molecule is CC(=O)O[C@@H]1[C@@H](OC(C)=O)[C@H](NC(=O)OCc2ccccc2)C[C@H](NC(=O)OCc2ccccc2)[C@H]1O[Si](C)(C)C(C)(C)C. The number of amides is 2. The number of ether oxygens (including phenoxy) is 4. The Kier molecular flexibility index (Phi) is 11.9. The number of hydrogen-bond acceptors (Lipinski definition) is 9. The van der Waals surface area contributed by atoms with Crippen molar-refractivity contribution < 1.29 is 42.6 Å². The first kappa shape index (κ1) is 34.6. The summed E-state index contributed by atoms with van der Waals surface area (Å²) in [7, 11) is -2.56. The lowest BCUT2D eigenvalue weighted by molar-refractivity contribution is -0.185. The van der Waals surface area contributed by atoms with Crippen LogP contribution in [0.25, 0.3) is 0 Å². The van der Waals surface area contributed by atoms with Crippen molar-refractivity contribution in [2.75, 3.05) is 0 Å². The maximum Gasteiger partial charge on any atom is 0.407 e. The van der Waals surface area contributed by atoms with Crippen LogP contribution >= 0.6 is 0 Å². The van der Waals surface area contributed by atoms with Gasteiger partial charge in [-0.3, -0.25) is 9.59 Å². The second-order valence-electron chi connectivity index (χ2n) is 12.4. The van der Waals surface area contributed by atoms with E-state index in [9.17, 15) is 19.2 Å². The first-order valence-corrected chi connectivity index (χ1v) is 17.5. The highest BCUT2D eigenvalue weighted by Crippen LogP contribution is 2.40. The van der Waals surface area contributed by atoms with Gasteiger partial charge in [0.25, 0.3) is 0 Å². The number of hydrogen-bond donors (Lipinski definition) is 2. The minimum atomic E-state index is -2.56. The summed E-state index contributed by atoms with van der Waals surface area (Å²) < 4.78 is 29.1. The first-order chi connectivity index (χ1) is 20.7. The minimum Gasteiger partial charge on any atom is -0.456 e. The van der Waals surface area contributed by atoms with E-state index in [0.717, 1.165) is 11.1 Å². The van der Waals surface area contributed by atoms with Crippen molar-refractivity contribution in [3.63, 3.8) is 0 Å². The quantitative estimate of drug-likeness (QED) is 0.206. The number of benzene rings is 2. The van der Waals surface area contributed by atoms with Crippen molar-refractivity contribution >= 4 is 32.4 Å². The Morgan fingerprint density at radius 2 is 1.11 bits per heavy atom. The molecule has 2 aromatic carbocycles. The highest BCUT2D eigenvalue weighted by molar-refractivity contribution is 6.74. The molecular formula is C32H44N2O9Si. The molecule has 3 rings (SSSR count). The second-order valence-corrected chi connectivity index (χ2v) is 17.1. The molecule has 0 spiro atoms. The fourth-order valence-corrected chi connectivity index (χ4v) is 5.97.